The van der Waals surface area contributed by atoms with Gasteiger partial charge < -0.3 is 4.98 Å². The molecule has 0 bridgehead atoms. The summed E-state index contributed by atoms with van der Waals surface area (Å²) in [5.41, 5.74) is 2.96. The molecule has 0 atom stereocenters. The Labute approximate surface area is 94.9 Å². The van der Waals surface area contributed by atoms with E-state index in [9.17, 15) is 4.79 Å². The van der Waals surface area contributed by atoms with Crippen molar-refractivity contribution in [1.29, 1.82) is 0 Å². The lowest BCUT2D eigenvalue weighted by Crippen LogP contribution is -1.97. The van der Waals surface area contributed by atoms with Crippen molar-refractivity contribution in [2.45, 2.75) is 33.1 Å². The number of imidazole rings is 1. The molecule has 1 N–H and O–H groups in total. The zero-order valence-corrected chi connectivity index (χ0v) is 9.87. The Morgan fingerprint density at radius 3 is 2.81 bits per heavy atom. The minimum absolute atomic E-state index is 0.168. The number of hydrogen-bond donors (Lipinski definition) is 1. The third-order valence-corrected chi connectivity index (χ3v) is 2.60. The van der Waals surface area contributed by atoms with Crippen LogP contribution >= 0.6 is 0 Å². The number of fused-ring (bicyclic) bond motifs is 1. The highest BCUT2D eigenvalue weighted by Crippen LogP contribution is 2.20. The summed E-state index contributed by atoms with van der Waals surface area (Å²) >= 11 is 0. The molecule has 16 heavy (non-hydrogen) atoms. The SMILES string of the molecule is CC(=O)Cc1cccc2[nH]c(C(C)C)nc12. The van der Waals surface area contributed by atoms with Crippen molar-refractivity contribution >= 4 is 16.8 Å². The summed E-state index contributed by atoms with van der Waals surface area (Å²) in [5.74, 6) is 1.52. The summed E-state index contributed by atoms with van der Waals surface area (Å²) in [7, 11) is 0. The molecule has 0 radical (unpaired) electrons. The molecule has 0 aliphatic carbocycles. The van der Waals surface area contributed by atoms with Gasteiger partial charge in [0.05, 0.1) is 11.0 Å². The van der Waals surface area contributed by atoms with Gasteiger partial charge in [-0.15, -0.1) is 0 Å². The molecule has 84 valence electrons. The first kappa shape index (κ1) is 10.9. The number of carbonyl (C=O) groups is 1. The summed E-state index contributed by atoms with van der Waals surface area (Å²) in [4.78, 5) is 19.0. The molecule has 3 nitrogen and oxygen atoms in total. The van der Waals surface area contributed by atoms with Crippen molar-refractivity contribution in [2.75, 3.05) is 0 Å². The molecule has 1 aromatic carbocycles. The van der Waals surface area contributed by atoms with Crippen LogP contribution in [0.3, 0.4) is 0 Å². The molecule has 2 rings (SSSR count). The van der Waals surface area contributed by atoms with Crippen LogP contribution in [0.4, 0.5) is 0 Å². The Morgan fingerprint density at radius 1 is 1.44 bits per heavy atom. The first-order chi connectivity index (χ1) is 7.58. The number of Topliss-reactive ketones (excluding diaryl/α,β-unsaturated/α-hetero) is 1. The van der Waals surface area contributed by atoms with Crippen molar-refractivity contribution in [2.24, 2.45) is 0 Å². The van der Waals surface area contributed by atoms with Gasteiger partial charge in [0, 0.05) is 12.3 Å². The lowest BCUT2D eigenvalue weighted by Gasteiger charge is -1.98. The molecule has 0 amide bonds. The van der Waals surface area contributed by atoms with Gasteiger partial charge in [0.2, 0.25) is 0 Å². The standard InChI is InChI=1S/C13H16N2O/c1-8(2)13-14-11-6-4-5-10(7-9(3)16)12(11)15-13/h4-6,8H,7H2,1-3H3,(H,14,15). The van der Waals surface area contributed by atoms with Gasteiger partial charge in [-0.3, -0.25) is 4.79 Å². The molecule has 0 fully saturated rings. The predicted molar refractivity (Wildman–Crippen MR) is 64.6 cm³/mol. The number of hydrogen-bond acceptors (Lipinski definition) is 2. The fraction of sp³-hybridized carbons (Fsp3) is 0.385. The smallest absolute Gasteiger partial charge is 0.134 e. The summed E-state index contributed by atoms with van der Waals surface area (Å²) < 4.78 is 0. The highest BCUT2D eigenvalue weighted by molar-refractivity contribution is 5.86. The second-order valence-electron chi connectivity index (χ2n) is 4.47. The van der Waals surface area contributed by atoms with Gasteiger partial charge in [0.1, 0.15) is 11.6 Å². The van der Waals surface area contributed by atoms with E-state index in [2.05, 4.69) is 23.8 Å². The molecule has 0 saturated heterocycles. The Bertz CT molecular complexity index is 526. The first-order valence-corrected chi connectivity index (χ1v) is 5.55. The molecule has 0 aliphatic rings. The third kappa shape index (κ3) is 1.98. The molecule has 0 saturated carbocycles. The lowest BCUT2D eigenvalue weighted by atomic mass is 10.1. The maximum atomic E-state index is 11.2. The van der Waals surface area contributed by atoms with Crippen LogP contribution in [0.15, 0.2) is 18.2 Å². The topological polar surface area (TPSA) is 45.8 Å². The average Bonchev–Trinajstić information content (AvgIpc) is 2.61. The van der Waals surface area contributed by atoms with Crippen LogP contribution in [0, 0.1) is 0 Å². The number of para-hydroxylation sites is 1. The first-order valence-electron chi connectivity index (χ1n) is 5.55. The minimum atomic E-state index is 0.168. The van der Waals surface area contributed by atoms with Crippen molar-refractivity contribution < 1.29 is 4.79 Å². The molecular weight excluding hydrogens is 200 g/mol. The monoisotopic (exact) mass is 216 g/mol. The molecule has 0 spiro atoms. The Kier molecular flexibility index (Phi) is 2.77. The molecule has 1 aromatic heterocycles. The number of rotatable bonds is 3. The normalized spacial score (nSPS) is 11.2. The van der Waals surface area contributed by atoms with Gasteiger partial charge in [-0.1, -0.05) is 26.0 Å². The van der Waals surface area contributed by atoms with E-state index in [-0.39, 0.29) is 5.78 Å². The Morgan fingerprint density at radius 2 is 2.19 bits per heavy atom. The number of aromatic amines is 1. The fourth-order valence-electron chi connectivity index (χ4n) is 1.79. The molecule has 2 aromatic rings. The molecular formula is C13H16N2O. The third-order valence-electron chi connectivity index (χ3n) is 2.60. The maximum absolute atomic E-state index is 11.2. The quantitative estimate of drug-likeness (QED) is 0.857. The number of benzene rings is 1. The van der Waals surface area contributed by atoms with Crippen molar-refractivity contribution in [3.63, 3.8) is 0 Å². The second kappa shape index (κ2) is 4.08. The summed E-state index contributed by atoms with van der Waals surface area (Å²) in [6, 6.07) is 5.93. The van der Waals surface area contributed by atoms with Crippen molar-refractivity contribution in [1.82, 2.24) is 9.97 Å². The van der Waals surface area contributed by atoms with Crippen LogP contribution in [0.5, 0.6) is 0 Å². The van der Waals surface area contributed by atoms with E-state index in [4.69, 9.17) is 0 Å². The number of carbonyl (C=O) groups excluding carboxylic acids is 1. The van der Waals surface area contributed by atoms with E-state index in [0.29, 0.717) is 12.3 Å². The number of H-pyrrole nitrogens is 1. The van der Waals surface area contributed by atoms with E-state index in [0.717, 1.165) is 22.4 Å². The zero-order chi connectivity index (χ0) is 11.7. The average molecular weight is 216 g/mol. The van der Waals surface area contributed by atoms with Crippen LogP contribution in [-0.2, 0) is 11.2 Å². The highest BCUT2D eigenvalue weighted by atomic mass is 16.1. The maximum Gasteiger partial charge on any atom is 0.134 e. The summed E-state index contributed by atoms with van der Waals surface area (Å²) in [6.45, 7) is 5.81. The molecule has 1 heterocycles. The van der Waals surface area contributed by atoms with Crippen LogP contribution in [-0.4, -0.2) is 15.8 Å². The number of nitrogens with zero attached hydrogens (tertiary/aromatic N) is 1. The van der Waals surface area contributed by atoms with Gasteiger partial charge in [-0.25, -0.2) is 4.98 Å². The Hall–Kier alpha value is -1.64. The van der Waals surface area contributed by atoms with Gasteiger partial charge in [-0.05, 0) is 18.6 Å². The molecule has 0 aliphatic heterocycles. The molecule has 0 unspecified atom stereocenters. The van der Waals surface area contributed by atoms with E-state index < -0.39 is 0 Å². The predicted octanol–water partition coefficient (Wildman–Crippen LogP) is 2.82. The van der Waals surface area contributed by atoms with Gasteiger partial charge in [0.15, 0.2) is 0 Å². The van der Waals surface area contributed by atoms with Crippen LogP contribution in [0.1, 0.15) is 38.1 Å². The van der Waals surface area contributed by atoms with Crippen molar-refractivity contribution in [3.8, 4) is 0 Å². The number of nitrogens with one attached hydrogen (secondary N) is 1. The lowest BCUT2D eigenvalue weighted by molar-refractivity contribution is -0.116. The molecule has 3 heteroatoms. The van der Waals surface area contributed by atoms with Crippen LogP contribution in [0.2, 0.25) is 0 Å². The van der Waals surface area contributed by atoms with Crippen LogP contribution in [0.25, 0.3) is 11.0 Å². The summed E-state index contributed by atoms with van der Waals surface area (Å²) in [6.07, 6.45) is 0.458. The van der Waals surface area contributed by atoms with Crippen molar-refractivity contribution in [3.05, 3.63) is 29.6 Å². The number of aromatic nitrogens is 2. The minimum Gasteiger partial charge on any atom is -0.342 e. The van der Waals surface area contributed by atoms with Gasteiger partial charge in [-0.2, -0.15) is 0 Å². The van der Waals surface area contributed by atoms with Gasteiger partial charge >= 0.3 is 0 Å². The number of ketones is 1. The van der Waals surface area contributed by atoms with Crippen LogP contribution < -0.4 is 0 Å². The largest absolute Gasteiger partial charge is 0.342 e. The van der Waals surface area contributed by atoms with E-state index >= 15 is 0 Å². The summed E-state index contributed by atoms with van der Waals surface area (Å²) in [5, 5.41) is 0. The fourth-order valence-corrected chi connectivity index (χ4v) is 1.79. The zero-order valence-electron chi connectivity index (χ0n) is 9.87. The van der Waals surface area contributed by atoms with Gasteiger partial charge in [0.25, 0.3) is 0 Å². The van der Waals surface area contributed by atoms with E-state index in [1.54, 1.807) is 6.92 Å². The van der Waals surface area contributed by atoms with E-state index in [1.165, 1.54) is 0 Å². The highest BCUT2D eigenvalue weighted by Gasteiger charge is 2.10. The second-order valence-corrected chi connectivity index (χ2v) is 4.47. The Balaban J connectivity index is 2.54. The van der Waals surface area contributed by atoms with E-state index in [1.807, 2.05) is 18.2 Å².